The van der Waals surface area contributed by atoms with Crippen LogP contribution < -0.4 is 5.32 Å². The molecule has 10 heteroatoms. The summed E-state index contributed by atoms with van der Waals surface area (Å²) in [6.07, 6.45) is 1.08. The molecule has 0 fully saturated rings. The molecule has 1 amide bonds. The molecule has 0 saturated carbocycles. The smallest absolute Gasteiger partial charge is 0.320 e. The fraction of sp³-hybridized carbons (Fsp3) is 0.111. The van der Waals surface area contributed by atoms with E-state index in [4.69, 9.17) is 0 Å². The Labute approximate surface area is 162 Å². The van der Waals surface area contributed by atoms with E-state index in [2.05, 4.69) is 10.4 Å². The van der Waals surface area contributed by atoms with Gasteiger partial charge in [-0.15, -0.1) is 0 Å². The Morgan fingerprint density at radius 2 is 1.89 bits per heavy atom. The molecule has 0 atom stereocenters. The zero-order valence-electron chi connectivity index (χ0n) is 14.5. The van der Waals surface area contributed by atoms with Crippen LogP contribution in [0.1, 0.15) is 22.6 Å². The van der Waals surface area contributed by atoms with E-state index in [9.17, 15) is 23.7 Å². The summed E-state index contributed by atoms with van der Waals surface area (Å²) in [6.45, 7) is -1.03. The van der Waals surface area contributed by atoms with Crippen LogP contribution in [0.2, 0.25) is 0 Å². The molecule has 0 radical (unpaired) electrons. The topological polar surface area (TPSA) is 90.1 Å². The molecule has 1 N–H and O–H groups in total. The summed E-state index contributed by atoms with van der Waals surface area (Å²) in [5.41, 5.74) is 0.617. The van der Waals surface area contributed by atoms with Gasteiger partial charge in [0, 0.05) is 33.8 Å². The molecular formula is C18H14F2N4O3S. The highest BCUT2D eigenvalue weighted by molar-refractivity contribution is 7.99. The number of nitro benzene ring substituents is 1. The molecule has 0 aliphatic heterocycles. The summed E-state index contributed by atoms with van der Waals surface area (Å²) in [6, 6.07) is 12.8. The van der Waals surface area contributed by atoms with Gasteiger partial charge < -0.3 is 5.32 Å². The van der Waals surface area contributed by atoms with E-state index in [1.807, 2.05) is 31.2 Å². The van der Waals surface area contributed by atoms with Crippen LogP contribution in [0.25, 0.3) is 0 Å². The van der Waals surface area contributed by atoms with Crippen molar-refractivity contribution in [1.82, 2.24) is 9.78 Å². The van der Waals surface area contributed by atoms with Crippen LogP contribution in [0.15, 0.2) is 64.5 Å². The Kier molecular flexibility index (Phi) is 5.69. The van der Waals surface area contributed by atoms with Gasteiger partial charge >= 0.3 is 6.55 Å². The number of nitrogens with zero attached hydrogens (tertiary/aromatic N) is 3. The third kappa shape index (κ3) is 4.52. The number of carbonyl (C=O) groups excluding carboxylic acids is 1. The highest BCUT2D eigenvalue weighted by Crippen LogP contribution is 2.33. The summed E-state index contributed by atoms with van der Waals surface area (Å²) >= 11 is 1.28. The number of nitrogens with one attached hydrogen (secondary N) is 1. The number of hydrogen-bond donors (Lipinski definition) is 1. The van der Waals surface area contributed by atoms with Crippen LogP contribution in [-0.4, -0.2) is 20.6 Å². The number of hydrogen-bond acceptors (Lipinski definition) is 5. The first kappa shape index (κ1) is 19.5. The molecule has 144 valence electrons. The number of anilines is 1. The zero-order chi connectivity index (χ0) is 20.3. The van der Waals surface area contributed by atoms with E-state index < -0.39 is 17.4 Å². The van der Waals surface area contributed by atoms with Crippen molar-refractivity contribution in [3.8, 4) is 0 Å². The second-order valence-electron chi connectivity index (χ2n) is 5.78. The molecule has 2 aromatic carbocycles. The maximum atomic E-state index is 12.9. The molecule has 0 saturated heterocycles. The summed E-state index contributed by atoms with van der Waals surface area (Å²) in [7, 11) is 0. The Morgan fingerprint density at radius 3 is 2.54 bits per heavy atom. The monoisotopic (exact) mass is 404 g/mol. The second-order valence-corrected chi connectivity index (χ2v) is 6.93. The largest absolute Gasteiger partial charge is 0.333 e. The van der Waals surface area contributed by atoms with Crippen molar-refractivity contribution in [2.45, 2.75) is 23.3 Å². The number of nitro groups is 1. The van der Waals surface area contributed by atoms with Crippen LogP contribution in [0, 0.1) is 17.0 Å². The molecule has 3 rings (SSSR count). The van der Waals surface area contributed by atoms with Gasteiger partial charge in [0.25, 0.3) is 11.6 Å². The average Bonchev–Trinajstić information content (AvgIpc) is 3.14. The highest BCUT2D eigenvalue weighted by atomic mass is 32.2. The van der Waals surface area contributed by atoms with Crippen LogP contribution >= 0.6 is 11.8 Å². The number of rotatable bonds is 6. The van der Waals surface area contributed by atoms with Crippen LogP contribution in [-0.2, 0) is 0 Å². The maximum Gasteiger partial charge on any atom is 0.333 e. The van der Waals surface area contributed by atoms with Gasteiger partial charge in [-0.3, -0.25) is 14.9 Å². The van der Waals surface area contributed by atoms with Crippen molar-refractivity contribution >= 4 is 29.0 Å². The molecule has 0 aliphatic rings. The Balaban J connectivity index is 1.88. The van der Waals surface area contributed by atoms with Gasteiger partial charge in [0.15, 0.2) is 0 Å². The molecule has 0 unspecified atom stereocenters. The normalized spacial score (nSPS) is 10.9. The quantitative estimate of drug-likeness (QED) is 0.466. The lowest BCUT2D eigenvalue weighted by Gasteiger charge is -2.09. The van der Waals surface area contributed by atoms with E-state index in [0.717, 1.165) is 22.7 Å². The SMILES string of the molecule is Cc1ccc(Sc2cc(NC(=O)c3ccnn3C(F)F)cc([N+](=O)[O-])c2)cc1. The predicted octanol–water partition coefficient (Wildman–Crippen LogP) is 4.90. The Bertz CT molecular complexity index is 1020. The van der Waals surface area contributed by atoms with E-state index >= 15 is 0 Å². The highest BCUT2D eigenvalue weighted by Gasteiger charge is 2.19. The fourth-order valence-corrected chi connectivity index (χ4v) is 3.32. The van der Waals surface area contributed by atoms with Crippen molar-refractivity contribution in [3.05, 3.63) is 76.1 Å². The van der Waals surface area contributed by atoms with E-state index in [0.29, 0.717) is 4.90 Å². The zero-order valence-corrected chi connectivity index (χ0v) is 15.3. The van der Waals surface area contributed by atoms with Crippen molar-refractivity contribution < 1.29 is 18.5 Å². The lowest BCUT2D eigenvalue weighted by molar-refractivity contribution is -0.385. The number of non-ortho nitro benzene ring substituents is 1. The molecular weight excluding hydrogens is 390 g/mol. The number of carbonyl (C=O) groups is 1. The third-order valence-electron chi connectivity index (χ3n) is 3.70. The van der Waals surface area contributed by atoms with Gasteiger partial charge in [0.05, 0.1) is 4.92 Å². The van der Waals surface area contributed by atoms with Crippen molar-refractivity contribution in [1.29, 1.82) is 0 Å². The minimum Gasteiger partial charge on any atom is -0.320 e. The number of amides is 1. The number of aromatic nitrogens is 2. The molecule has 0 aliphatic carbocycles. The third-order valence-corrected chi connectivity index (χ3v) is 4.68. The van der Waals surface area contributed by atoms with Gasteiger partial charge in [0.2, 0.25) is 0 Å². The van der Waals surface area contributed by atoms with Gasteiger partial charge in [-0.25, -0.2) is 0 Å². The van der Waals surface area contributed by atoms with E-state index in [-0.39, 0.29) is 21.8 Å². The number of benzene rings is 2. The standard InChI is InChI=1S/C18H14F2N4O3S/c1-11-2-4-14(5-3-11)28-15-9-12(8-13(10-15)24(26)27)22-17(25)16-6-7-21-23(16)18(19)20/h2-10,18H,1H3,(H,22,25). The van der Waals surface area contributed by atoms with Crippen LogP contribution in [0.3, 0.4) is 0 Å². The minimum absolute atomic E-state index is 0.121. The lowest BCUT2D eigenvalue weighted by atomic mass is 10.2. The second kappa shape index (κ2) is 8.17. The predicted molar refractivity (Wildman–Crippen MR) is 99.8 cm³/mol. The maximum absolute atomic E-state index is 12.9. The molecule has 0 spiro atoms. The molecule has 28 heavy (non-hydrogen) atoms. The minimum atomic E-state index is -2.98. The van der Waals surface area contributed by atoms with Crippen LogP contribution in [0.4, 0.5) is 20.2 Å². The summed E-state index contributed by atoms with van der Waals surface area (Å²) in [5.74, 6) is -0.843. The van der Waals surface area contributed by atoms with Crippen molar-refractivity contribution in [2.75, 3.05) is 5.32 Å². The molecule has 7 nitrogen and oxygen atoms in total. The molecule has 0 bridgehead atoms. The van der Waals surface area contributed by atoms with Gasteiger partial charge in [0.1, 0.15) is 5.69 Å². The Hall–Kier alpha value is -3.27. The number of alkyl halides is 2. The first-order valence-corrected chi connectivity index (χ1v) is 8.82. The summed E-state index contributed by atoms with van der Waals surface area (Å²) in [5, 5.41) is 17.0. The molecule has 3 aromatic rings. The van der Waals surface area contributed by atoms with Crippen molar-refractivity contribution in [2.24, 2.45) is 0 Å². The molecule has 1 aromatic heterocycles. The summed E-state index contributed by atoms with van der Waals surface area (Å²) in [4.78, 5) is 24.3. The average molecular weight is 404 g/mol. The Morgan fingerprint density at radius 1 is 1.18 bits per heavy atom. The van der Waals surface area contributed by atoms with E-state index in [1.54, 1.807) is 6.07 Å². The van der Waals surface area contributed by atoms with Gasteiger partial charge in [-0.1, -0.05) is 29.5 Å². The van der Waals surface area contributed by atoms with Gasteiger partial charge in [-0.2, -0.15) is 18.6 Å². The first-order chi connectivity index (χ1) is 13.3. The first-order valence-electron chi connectivity index (χ1n) is 8.00. The number of aryl methyl sites for hydroxylation is 1. The van der Waals surface area contributed by atoms with Crippen molar-refractivity contribution in [3.63, 3.8) is 0 Å². The fourth-order valence-electron chi connectivity index (χ4n) is 2.41. The summed E-state index contributed by atoms with van der Waals surface area (Å²) < 4.78 is 26.1. The molecule has 1 heterocycles. The van der Waals surface area contributed by atoms with Gasteiger partial charge in [-0.05, 0) is 31.2 Å². The van der Waals surface area contributed by atoms with Crippen LogP contribution in [0.5, 0.6) is 0 Å². The number of halogens is 2. The van der Waals surface area contributed by atoms with E-state index in [1.165, 1.54) is 23.9 Å². The lowest BCUT2D eigenvalue weighted by Crippen LogP contribution is -2.18.